The first-order valence-electron chi connectivity index (χ1n) is 11.9. The van der Waals surface area contributed by atoms with E-state index in [0.29, 0.717) is 25.3 Å². The van der Waals surface area contributed by atoms with Crippen molar-refractivity contribution in [3.05, 3.63) is 88.5 Å². The predicted molar refractivity (Wildman–Crippen MR) is 141 cm³/mol. The molecule has 0 aliphatic carbocycles. The highest BCUT2D eigenvalue weighted by Gasteiger charge is 2.36. The molecule has 0 unspecified atom stereocenters. The lowest BCUT2D eigenvalue weighted by atomic mass is 10.0. The SMILES string of the molecule is COc1c(F)c(F)c(-c2c(F)c(F)c(Oc3ccc(S(=O)(=O)c4ccc(C)c(S(=O)(=O)O)c4)cc3S(=O)(=O)O)c(F)c2F)c(F)c1F. The van der Waals surface area contributed by atoms with Crippen LogP contribution in [0.3, 0.4) is 0 Å². The van der Waals surface area contributed by atoms with Crippen LogP contribution in [0.5, 0.6) is 17.2 Å². The fourth-order valence-electron chi connectivity index (χ4n) is 4.14. The van der Waals surface area contributed by atoms with E-state index < -0.39 is 125 Å². The number of benzene rings is 4. The molecule has 0 fully saturated rings. The van der Waals surface area contributed by atoms with Crippen LogP contribution in [-0.4, -0.2) is 41.5 Å². The molecule has 0 spiro atoms. The predicted octanol–water partition coefficient (Wildman–Crippen LogP) is 5.90. The van der Waals surface area contributed by atoms with Crippen molar-refractivity contribution >= 4 is 30.1 Å². The first-order chi connectivity index (χ1) is 21.5. The van der Waals surface area contributed by atoms with Crippen molar-refractivity contribution in [1.82, 2.24) is 0 Å². The maximum absolute atomic E-state index is 15.0. The zero-order valence-electron chi connectivity index (χ0n) is 22.9. The summed E-state index contributed by atoms with van der Waals surface area (Å²) in [4.78, 5) is -4.33. The number of hydrogen-bond acceptors (Lipinski definition) is 8. The molecule has 10 nitrogen and oxygen atoms in total. The van der Waals surface area contributed by atoms with E-state index in [-0.39, 0.29) is 11.6 Å². The summed E-state index contributed by atoms with van der Waals surface area (Å²) in [6, 6.07) is 3.25. The lowest BCUT2D eigenvalue weighted by Gasteiger charge is -2.16. The van der Waals surface area contributed by atoms with Gasteiger partial charge in [-0.3, -0.25) is 9.11 Å². The molecule has 0 radical (unpaired) electrons. The van der Waals surface area contributed by atoms with Crippen LogP contribution in [-0.2, 0) is 30.1 Å². The lowest BCUT2D eigenvalue weighted by molar-refractivity contribution is 0.332. The van der Waals surface area contributed by atoms with Crippen LogP contribution >= 0.6 is 0 Å². The molecule has 0 atom stereocenters. The summed E-state index contributed by atoms with van der Waals surface area (Å²) in [5, 5.41) is 0. The quantitative estimate of drug-likeness (QED) is 0.127. The van der Waals surface area contributed by atoms with Crippen molar-refractivity contribution in [2.24, 2.45) is 0 Å². The molecular weight excluding hydrogens is 720 g/mol. The topological polar surface area (TPSA) is 161 Å². The van der Waals surface area contributed by atoms with Gasteiger partial charge in [-0.2, -0.15) is 34.4 Å². The van der Waals surface area contributed by atoms with Gasteiger partial charge < -0.3 is 9.47 Å². The Kier molecular flexibility index (Phi) is 9.11. The number of methoxy groups -OCH3 is 1. The van der Waals surface area contributed by atoms with Crippen LogP contribution in [0.2, 0.25) is 0 Å². The second-order valence-corrected chi connectivity index (χ2v) is 13.9. The van der Waals surface area contributed by atoms with Gasteiger partial charge in [-0.05, 0) is 42.8 Å². The summed E-state index contributed by atoms with van der Waals surface area (Å²) in [6.45, 7) is 1.19. The number of hydrogen-bond donors (Lipinski definition) is 2. The lowest BCUT2D eigenvalue weighted by Crippen LogP contribution is -2.10. The molecule has 4 aromatic carbocycles. The summed E-state index contributed by atoms with van der Waals surface area (Å²) in [7, 11) is -14.9. The Balaban J connectivity index is 1.90. The number of sulfone groups is 1. The Labute approximate surface area is 259 Å². The van der Waals surface area contributed by atoms with Gasteiger partial charge in [-0.25, -0.2) is 26.0 Å². The van der Waals surface area contributed by atoms with Crippen LogP contribution in [0.25, 0.3) is 11.1 Å². The van der Waals surface area contributed by atoms with Crippen molar-refractivity contribution in [1.29, 1.82) is 0 Å². The Bertz CT molecular complexity index is 2270. The Morgan fingerprint density at radius 2 is 0.936 bits per heavy atom. The normalized spacial score (nSPS) is 12.3. The monoisotopic (exact) mass is 734 g/mol. The van der Waals surface area contributed by atoms with E-state index in [4.69, 9.17) is 0 Å². The molecule has 2 N–H and O–H groups in total. The molecule has 0 aromatic heterocycles. The first kappa shape index (κ1) is 35.5. The van der Waals surface area contributed by atoms with Gasteiger partial charge >= 0.3 is 0 Å². The smallest absolute Gasteiger partial charge is 0.298 e. The van der Waals surface area contributed by atoms with Gasteiger partial charge in [-0.15, -0.1) is 0 Å². The first-order valence-corrected chi connectivity index (χ1v) is 16.3. The Morgan fingerprint density at radius 1 is 0.553 bits per heavy atom. The Morgan fingerprint density at radius 3 is 1.34 bits per heavy atom. The standard InChI is InChI=1S/C26H14F8O10S3/c1-9-3-4-10(7-13(9)46(37,38)39)45(35,36)11-5-6-12(14(8-11)47(40,41)42)44-26-23(33)19(29)16(20(30)24(26)34)15-17(27)21(31)25(43-2)22(32)18(15)28/h3-8H,1-2H3,(H,37,38,39)(H,40,41,42). The van der Waals surface area contributed by atoms with Crippen LogP contribution in [0, 0.1) is 53.5 Å². The largest absolute Gasteiger partial charge is 0.491 e. The number of rotatable bonds is 8. The maximum atomic E-state index is 15.0. The van der Waals surface area contributed by atoms with E-state index in [9.17, 15) is 51.9 Å². The zero-order valence-corrected chi connectivity index (χ0v) is 25.3. The molecule has 0 bridgehead atoms. The minimum atomic E-state index is -5.63. The minimum absolute atomic E-state index is 0.101. The third-order valence-electron chi connectivity index (χ3n) is 6.36. The van der Waals surface area contributed by atoms with Crippen molar-refractivity contribution < 1.29 is 79.0 Å². The highest BCUT2D eigenvalue weighted by atomic mass is 32.2. The summed E-state index contributed by atoms with van der Waals surface area (Å²) in [6.07, 6.45) is 0. The second-order valence-electron chi connectivity index (χ2n) is 9.22. The van der Waals surface area contributed by atoms with Crippen molar-refractivity contribution in [2.45, 2.75) is 26.5 Å². The molecule has 21 heteroatoms. The number of halogens is 8. The van der Waals surface area contributed by atoms with E-state index in [1.54, 1.807) is 0 Å². The molecule has 0 saturated heterocycles. The van der Waals surface area contributed by atoms with Crippen LogP contribution in [0.1, 0.15) is 5.56 Å². The maximum Gasteiger partial charge on any atom is 0.298 e. The van der Waals surface area contributed by atoms with E-state index >= 15 is 17.6 Å². The highest BCUT2D eigenvalue weighted by Crippen LogP contribution is 2.43. The third kappa shape index (κ3) is 6.11. The number of aryl methyl sites for hydroxylation is 1. The average molecular weight is 735 g/mol. The summed E-state index contributed by atoms with van der Waals surface area (Å²) in [5.41, 5.74) is -4.65. The van der Waals surface area contributed by atoms with Crippen LogP contribution < -0.4 is 9.47 Å². The van der Waals surface area contributed by atoms with E-state index in [0.717, 1.165) is 12.1 Å². The van der Waals surface area contributed by atoms with Gasteiger partial charge in [-0.1, -0.05) is 6.07 Å². The molecule has 0 aliphatic rings. The third-order valence-corrected chi connectivity index (χ3v) is 9.98. The molecule has 4 aromatic rings. The average Bonchev–Trinajstić information content (AvgIpc) is 2.98. The Hall–Kier alpha value is -4.31. The second kappa shape index (κ2) is 12.0. The van der Waals surface area contributed by atoms with Gasteiger partial charge in [0.05, 0.1) is 32.9 Å². The highest BCUT2D eigenvalue weighted by molar-refractivity contribution is 7.91. The van der Waals surface area contributed by atoms with E-state index in [1.165, 1.54) is 6.92 Å². The summed E-state index contributed by atoms with van der Waals surface area (Å²) >= 11 is 0. The summed E-state index contributed by atoms with van der Waals surface area (Å²) in [5.74, 6) is -25.7. The molecule has 47 heavy (non-hydrogen) atoms. The molecule has 0 aliphatic heterocycles. The van der Waals surface area contributed by atoms with Gasteiger partial charge in [0.1, 0.15) is 10.6 Å². The van der Waals surface area contributed by atoms with Crippen molar-refractivity contribution in [3.63, 3.8) is 0 Å². The molecule has 0 saturated carbocycles. The molecule has 0 amide bonds. The number of ether oxygens (including phenoxy) is 2. The van der Waals surface area contributed by atoms with Crippen LogP contribution in [0.15, 0.2) is 56.0 Å². The zero-order chi connectivity index (χ0) is 35.5. The summed E-state index contributed by atoms with van der Waals surface area (Å²) < 4.78 is 219. The van der Waals surface area contributed by atoms with Crippen molar-refractivity contribution in [2.75, 3.05) is 7.11 Å². The van der Waals surface area contributed by atoms with Crippen molar-refractivity contribution in [3.8, 4) is 28.4 Å². The van der Waals surface area contributed by atoms with Gasteiger partial charge in [0.2, 0.25) is 38.9 Å². The molecular formula is C26H14F8O10S3. The fourth-order valence-corrected chi connectivity index (χ4v) is 7.00. The molecule has 252 valence electrons. The molecule has 4 rings (SSSR count). The van der Waals surface area contributed by atoms with Crippen LogP contribution in [0.4, 0.5) is 35.1 Å². The fraction of sp³-hybridized carbons (Fsp3) is 0.0769. The van der Waals surface area contributed by atoms with Gasteiger partial charge in [0, 0.05) is 0 Å². The van der Waals surface area contributed by atoms with E-state index in [1.807, 2.05) is 0 Å². The molecule has 0 heterocycles. The van der Waals surface area contributed by atoms with Gasteiger partial charge in [0.25, 0.3) is 20.2 Å². The minimum Gasteiger partial charge on any atom is -0.491 e. The van der Waals surface area contributed by atoms with E-state index in [2.05, 4.69) is 9.47 Å². The van der Waals surface area contributed by atoms with Gasteiger partial charge in [0.15, 0.2) is 29.0 Å².